The zero-order chi connectivity index (χ0) is 10.8. The van der Waals surface area contributed by atoms with Crippen LogP contribution in [0.3, 0.4) is 0 Å². The molecule has 0 heterocycles. The largest absolute Gasteiger partial charge is 0.395 e. The summed E-state index contributed by atoms with van der Waals surface area (Å²) in [6.07, 6.45) is 1.49. The van der Waals surface area contributed by atoms with E-state index in [9.17, 15) is 4.39 Å². The summed E-state index contributed by atoms with van der Waals surface area (Å²) in [5.74, 6) is 0.0799. The maximum atomic E-state index is 13.1. The van der Waals surface area contributed by atoms with Crippen molar-refractivity contribution >= 4 is 11.4 Å². The molecule has 82 valence electrons. The Morgan fingerprint density at radius 2 is 2.20 bits per heavy atom. The molecule has 1 saturated carbocycles. The Morgan fingerprint density at radius 1 is 1.47 bits per heavy atom. The molecule has 0 spiro atoms. The van der Waals surface area contributed by atoms with Crippen molar-refractivity contribution in [2.75, 3.05) is 17.6 Å². The summed E-state index contributed by atoms with van der Waals surface area (Å²) < 4.78 is 13.1. The summed E-state index contributed by atoms with van der Waals surface area (Å²) in [6.45, 7) is 0.741. The van der Waals surface area contributed by atoms with Gasteiger partial charge < -0.3 is 16.2 Å². The number of anilines is 2. The number of aliphatic hydroxyl groups excluding tert-OH is 1. The highest BCUT2D eigenvalue weighted by atomic mass is 19.1. The highest BCUT2D eigenvalue weighted by Gasteiger charge is 2.26. The highest BCUT2D eigenvalue weighted by molar-refractivity contribution is 5.66. The van der Waals surface area contributed by atoms with E-state index in [1.165, 1.54) is 6.07 Å². The molecule has 0 saturated heterocycles. The first-order chi connectivity index (χ1) is 7.16. The molecule has 1 aliphatic rings. The van der Waals surface area contributed by atoms with Gasteiger partial charge in [-0.2, -0.15) is 0 Å². The molecule has 0 radical (unpaired) electrons. The first-order valence-electron chi connectivity index (χ1n) is 5.12. The monoisotopic (exact) mass is 210 g/mol. The van der Waals surface area contributed by atoms with E-state index in [1.807, 2.05) is 0 Å². The number of nitrogens with two attached hydrogens (primary N) is 1. The van der Waals surface area contributed by atoms with Gasteiger partial charge in [-0.15, -0.1) is 0 Å². The number of hydrogen-bond donors (Lipinski definition) is 3. The highest BCUT2D eigenvalue weighted by Crippen LogP contribution is 2.28. The maximum Gasteiger partial charge on any atom is 0.148 e. The van der Waals surface area contributed by atoms with Gasteiger partial charge >= 0.3 is 0 Å². The Balaban J connectivity index is 1.91. The van der Waals surface area contributed by atoms with Crippen LogP contribution >= 0.6 is 0 Å². The lowest BCUT2D eigenvalue weighted by Crippen LogP contribution is -2.33. The summed E-state index contributed by atoms with van der Waals surface area (Å²) >= 11 is 0. The van der Waals surface area contributed by atoms with E-state index in [1.54, 1.807) is 12.1 Å². The van der Waals surface area contributed by atoms with E-state index in [2.05, 4.69) is 5.32 Å². The van der Waals surface area contributed by atoms with Crippen LogP contribution in [0.2, 0.25) is 0 Å². The number of benzene rings is 1. The van der Waals surface area contributed by atoms with Gasteiger partial charge in [-0.1, -0.05) is 6.07 Å². The molecule has 0 aromatic heterocycles. The maximum absolute atomic E-state index is 13.1. The van der Waals surface area contributed by atoms with Crippen molar-refractivity contribution in [3.63, 3.8) is 0 Å². The second kappa shape index (κ2) is 4.06. The van der Waals surface area contributed by atoms with Crippen LogP contribution in [0.4, 0.5) is 15.8 Å². The lowest BCUT2D eigenvalue weighted by Gasteiger charge is -2.31. The van der Waals surface area contributed by atoms with E-state index in [-0.39, 0.29) is 11.8 Å². The van der Waals surface area contributed by atoms with Crippen molar-refractivity contribution in [2.24, 2.45) is 5.92 Å². The molecular weight excluding hydrogens is 195 g/mol. The second-order valence-electron chi connectivity index (χ2n) is 4.07. The smallest absolute Gasteiger partial charge is 0.148 e. The Bertz CT molecular complexity index is 350. The summed E-state index contributed by atoms with van der Waals surface area (Å²) in [4.78, 5) is 0. The molecule has 0 unspecified atom stereocenters. The van der Waals surface area contributed by atoms with Crippen LogP contribution in [0.1, 0.15) is 12.8 Å². The van der Waals surface area contributed by atoms with Crippen LogP contribution in [0, 0.1) is 11.7 Å². The molecule has 0 amide bonds. The van der Waals surface area contributed by atoms with Gasteiger partial charge in [-0.05, 0) is 30.9 Å². The predicted molar refractivity (Wildman–Crippen MR) is 58.0 cm³/mol. The number of halogens is 1. The molecular formula is C11H15FN2O. The van der Waals surface area contributed by atoms with Gasteiger partial charge in [0.2, 0.25) is 0 Å². The first kappa shape index (κ1) is 10.2. The lowest BCUT2D eigenvalue weighted by molar-refractivity contribution is 0.0487. The quantitative estimate of drug-likeness (QED) is 0.664. The number of hydrogen-bond acceptors (Lipinski definition) is 3. The van der Waals surface area contributed by atoms with Crippen LogP contribution < -0.4 is 11.1 Å². The molecule has 4 heteroatoms. The molecule has 2 rings (SSSR count). The zero-order valence-corrected chi connectivity index (χ0v) is 8.41. The van der Waals surface area contributed by atoms with Crippen LogP contribution in [0.25, 0.3) is 0 Å². The molecule has 1 aliphatic carbocycles. The molecule has 15 heavy (non-hydrogen) atoms. The summed E-state index contributed by atoms with van der Waals surface area (Å²) in [7, 11) is 0. The Hall–Kier alpha value is -1.29. The van der Waals surface area contributed by atoms with E-state index in [4.69, 9.17) is 10.8 Å². The summed E-state index contributed by atoms with van der Waals surface area (Å²) in [6, 6.07) is 4.73. The molecule has 1 aromatic carbocycles. The van der Waals surface area contributed by atoms with Gasteiger partial charge in [0.1, 0.15) is 5.82 Å². The minimum atomic E-state index is -0.395. The molecule has 3 nitrogen and oxygen atoms in total. The number of nitrogens with one attached hydrogen (secondary N) is 1. The first-order valence-corrected chi connectivity index (χ1v) is 5.12. The van der Waals surface area contributed by atoms with E-state index in [0.717, 1.165) is 19.4 Å². The lowest BCUT2D eigenvalue weighted by atomic mass is 9.82. The van der Waals surface area contributed by atoms with Crippen molar-refractivity contribution < 1.29 is 9.50 Å². The average molecular weight is 210 g/mol. The molecule has 1 aromatic rings. The second-order valence-corrected chi connectivity index (χ2v) is 4.07. The van der Waals surface area contributed by atoms with Gasteiger partial charge in [-0.3, -0.25) is 0 Å². The van der Waals surface area contributed by atoms with E-state index >= 15 is 0 Å². The molecule has 0 aliphatic heterocycles. The third-order valence-electron chi connectivity index (χ3n) is 2.84. The van der Waals surface area contributed by atoms with E-state index < -0.39 is 5.82 Å². The van der Waals surface area contributed by atoms with Crippen molar-refractivity contribution in [2.45, 2.75) is 18.9 Å². The third kappa shape index (κ3) is 2.21. The predicted octanol–water partition coefficient (Wildman–Crippen LogP) is 1.59. The Labute approximate surface area is 88.1 Å². The third-order valence-corrected chi connectivity index (χ3v) is 2.84. The average Bonchev–Trinajstić information content (AvgIpc) is 2.17. The molecule has 4 N–H and O–H groups in total. The number of rotatable bonds is 3. The summed E-state index contributed by atoms with van der Waals surface area (Å²) in [5.41, 5.74) is 6.37. The van der Waals surface area contributed by atoms with Crippen molar-refractivity contribution in [1.29, 1.82) is 0 Å². The fraction of sp³-hybridized carbons (Fsp3) is 0.455. The van der Waals surface area contributed by atoms with Gasteiger partial charge in [0.15, 0.2) is 0 Å². The zero-order valence-electron chi connectivity index (χ0n) is 8.41. The SMILES string of the molecule is Nc1c(F)cccc1NCC1CC(O)C1. The fourth-order valence-electron chi connectivity index (χ4n) is 1.81. The fourth-order valence-corrected chi connectivity index (χ4v) is 1.81. The van der Waals surface area contributed by atoms with Crippen LogP contribution in [-0.4, -0.2) is 17.8 Å². The molecule has 0 atom stereocenters. The minimum absolute atomic E-state index is 0.151. The van der Waals surface area contributed by atoms with E-state index in [0.29, 0.717) is 11.6 Å². The van der Waals surface area contributed by atoms with Crippen molar-refractivity contribution in [3.8, 4) is 0 Å². The van der Waals surface area contributed by atoms with Gasteiger partial charge in [0.25, 0.3) is 0 Å². The number of aliphatic hydroxyl groups is 1. The van der Waals surface area contributed by atoms with Crippen LogP contribution in [0.15, 0.2) is 18.2 Å². The van der Waals surface area contributed by atoms with Crippen molar-refractivity contribution in [1.82, 2.24) is 0 Å². The summed E-state index contributed by atoms with van der Waals surface area (Å²) in [5, 5.41) is 12.2. The topological polar surface area (TPSA) is 58.3 Å². The Kier molecular flexibility index (Phi) is 2.77. The number of nitrogen functional groups attached to an aromatic ring is 1. The normalized spacial score (nSPS) is 24.7. The van der Waals surface area contributed by atoms with Gasteiger partial charge in [0.05, 0.1) is 17.5 Å². The minimum Gasteiger partial charge on any atom is -0.395 e. The van der Waals surface area contributed by atoms with Gasteiger partial charge in [0, 0.05) is 6.54 Å². The van der Waals surface area contributed by atoms with Crippen molar-refractivity contribution in [3.05, 3.63) is 24.0 Å². The van der Waals surface area contributed by atoms with Crippen LogP contribution in [-0.2, 0) is 0 Å². The number of para-hydroxylation sites is 1. The Morgan fingerprint density at radius 3 is 2.87 bits per heavy atom. The standard InChI is InChI=1S/C11H15FN2O/c12-9-2-1-3-10(11(9)13)14-6-7-4-8(15)5-7/h1-3,7-8,14-15H,4-6,13H2. The van der Waals surface area contributed by atoms with Gasteiger partial charge in [-0.25, -0.2) is 4.39 Å². The molecule has 1 fully saturated rings. The molecule has 0 bridgehead atoms. The van der Waals surface area contributed by atoms with Crippen LogP contribution in [0.5, 0.6) is 0 Å².